The minimum absolute atomic E-state index is 0.136. The van der Waals surface area contributed by atoms with Crippen LogP contribution in [-0.4, -0.2) is 4.57 Å². The fourth-order valence-electron chi connectivity index (χ4n) is 2.42. The van der Waals surface area contributed by atoms with E-state index in [0.717, 1.165) is 0 Å². The topological polar surface area (TPSA) is 39.1 Å². The Morgan fingerprint density at radius 1 is 0.900 bits per heavy atom. The maximum atomic E-state index is 12.6. The molecule has 3 aromatic rings. The van der Waals surface area contributed by atoms with Gasteiger partial charge in [-0.1, -0.05) is 36.3 Å². The molecule has 0 saturated carbocycles. The zero-order valence-electron chi connectivity index (χ0n) is 10.7. The van der Waals surface area contributed by atoms with E-state index in [4.69, 9.17) is 6.42 Å². The Morgan fingerprint density at radius 2 is 1.50 bits per heavy atom. The van der Waals surface area contributed by atoms with Crippen LogP contribution in [0.5, 0.6) is 0 Å². The van der Waals surface area contributed by atoms with Gasteiger partial charge in [-0.3, -0.25) is 14.2 Å². The Hall–Kier alpha value is -2.86. The van der Waals surface area contributed by atoms with E-state index in [0.29, 0.717) is 21.7 Å². The van der Waals surface area contributed by atoms with E-state index < -0.39 is 0 Å². The third kappa shape index (κ3) is 1.70. The van der Waals surface area contributed by atoms with Crippen LogP contribution in [0.3, 0.4) is 0 Å². The molecular formula is C17H11NO2. The Bertz CT molecular complexity index is 978. The van der Waals surface area contributed by atoms with Crippen molar-refractivity contribution in [3.8, 4) is 12.3 Å². The summed E-state index contributed by atoms with van der Waals surface area (Å²) in [6, 6.07) is 13.9. The number of fused-ring (bicyclic) bond motifs is 2. The highest BCUT2D eigenvalue weighted by Crippen LogP contribution is 2.12. The summed E-state index contributed by atoms with van der Waals surface area (Å²) in [5.74, 6) is 2.48. The highest BCUT2D eigenvalue weighted by molar-refractivity contribution is 5.90. The average Bonchev–Trinajstić information content (AvgIpc) is 2.58. The van der Waals surface area contributed by atoms with Crippen molar-refractivity contribution >= 4 is 21.7 Å². The largest absolute Gasteiger partial charge is 0.296 e. The van der Waals surface area contributed by atoms with E-state index in [1.54, 1.807) is 48.5 Å². The molecule has 20 heavy (non-hydrogen) atoms. The molecule has 0 amide bonds. The zero-order valence-corrected chi connectivity index (χ0v) is 10.7. The highest BCUT2D eigenvalue weighted by atomic mass is 16.1. The lowest BCUT2D eigenvalue weighted by Gasteiger charge is -2.01. The lowest BCUT2D eigenvalue weighted by atomic mass is 10.1. The summed E-state index contributed by atoms with van der Waals surface area (Å²) in [7, 11) is 0. The lowest BCUT2D eigenvalue weighted by Crippen LogP contribution is -2.17. The van der Waals surface area contributed by atoms with Gasteiger partial charge in [0.15, 0.2) is 5.43 Å². The van der Waals surface area contributed by atoms with Crippen molar-refractivity contribution in [3.63, 3.8) is 0 Å². The van der Waals surface area contributed by atoms with E-state index in [1.165, 1.54) is 4.57 Å². The fourth-order valence-corrected chi connectivity index (χ4v) is 2.42. The van der Waals surface area contributed by atoms with Gasteiger partial charge in [-0.05, 0) is 18.2 Å². The quantitative estimate of drug-likeness (QED) is 0.630. The molecule has 0 saturated heterocycles. The van der Waals surface area contributed by atoms with Gasteiger partial charge >= 0.3 is 0 Å². The summed E-state index contributed by atoms with van der Waals surface area (Å²) in [5, 5.41) is 1.31. The molecule has 2 aromatic carbocycles. The van der Waals surface area contributed by atoms with Gasteiger partial charge in [-0.25, -0.2) is 0 Å². The number of rotatable bonds is 1. The Morgan fingerprint density at radius 3 is 2.20 bits per heavy atom. The second kappa shape index (κ2) is 4.67. The summed E-state index contributed by atoms with van der Waals surface area (Å²) in [6.07, 6.45) is 5.36. The van der Waals surface area contributed by atoms with Gasteiger partial charge < -0.3 is 0 Å². The van der Waals surface area contributed by atoms with E-state index in [-0.39, 0.29) is 17.5 Å². The smallest absolute Gasteiger partial charge is 0.259 e. The predicted molar refractivity (Wildman–Crippen MR) is 80.8 cm³/mol. The van der Waals surface area contributed by atoms with E-state index in [9.17, 15) is 9.59 Å². The van der Waals surface area contributed by atoms with Crippen LogP contribution in [0.25, 0.3) is 21.7 Å². The number of aromatic nitrogens is 1. The van der Waals surface area contributed by atoms with Gasteiger partial charge in [-0.2, -0.15) is 0 Å². The molecular weight excluding hydrogens is 250 g/mol. The van der Waals surface area contributed by atoms with Gasteiger partial charge in [0.25, 0.3) is 5.56 Å². The van der Waals surface area contributed by atoms with E-state index in [1.807, 2.05) is 0 Å². The summed E-state index contributed by atoms with van der Waals surface area (Å²) in [6.45, 7) is 0.136. The van der Waals surface area contributed by atoms with Crippen LogP contribution in [0.1, 0.15) is 0 Å². The second-order valence-corrected chi connectivity index (χ2v) is 4.49. The van der Waals surface area contributed by atoms with Crippen LogP contribution in [0.4, 0.5) is 0 Å². The first-order valence-electron chi connectivity index (χ1n) is 6.22. The number of hydrogen-bond donors (Lipinski definition) is 0. The Labute approximate surface area is 115 Å². The number of para-hydroxylation sites is 1. The molecule has 96 valence electrons. The van der Waals surface area contributed by atoms with Gasteiger partial charge in [0.05, 0.1) is 17.4 Å². The molecule has 1 heterocycles. The predicted octanol–water partition coefficient (Wildman–Crippen LogP) is 2.15. The zero-order chi connectivity index (χ0) is 14.1. The normalized spacial score (nSPS) is 10.6. The first-order chi connectivity index (χ1) is 9.74. The molecule has 0 unspecified atom stereocenters. The molecule has 0 atom stereocenters. The van der Waals surface area contributed by atoms with Gasteiger partial charge in [-0.15, -0.1) is 6.42 Å². The molecule has 0 fully saturated rings. The molecule has 0 bridgehead atoms. The molecule has 0 spiro atoms. The number of hydrogen-bond acceptors (Lipinski definition) is 2. The van der Waals surface area contributed by atoms with Crippen LogP contribution < -0.4 is 11.0 Å². The van der Waals surface area contributed by atoms with Crippen LogP contribution >= 0.6 is 0 Å². The molecule has 0 aliphatic heterocycles. The Kier molecular flexibility index (Phi) is 2.85. The monoisotopic (exact) mass is 261 g/mol. The maximum absolute atomic E-state index is 12.6. The number of benzene rings is 2. The summed E-state index contributed by atoms with van der Waals surface area (Å²) in [5.41, 5.74) is 0.178. The second-order valence-electron chi connectivity index (χ2n) is 4.49. The minimum atomic E-state index is -0.239. The average molecular weight is 261 g/mol. The van der Waals surface area contributed by atoms with E-state index >= 15 is 0 Å². The van der Waals surface area contributed by atoms with Crippen molar-refractivity contribution in [1.29, 1.82) is 0 Å². The van der Waals surface area contributed by atoms with Crippen molar-refractivity contribution in [2.24, 2.45) is 0 Å². The third-order valence-corrected chi connectivity index (χ3v) is 3.34. The molecule has 3 nitrogen and oxygen atoms in total. The van der Waals surface area contributed by atoms with Crippen molar-refractivity contribution in [1.82, 2.24) is 4.57 Å². The Balaban J connectivity index is 2.76. The van der Waals surface area contributed by atoms with Crippen LogP contribution in [-0.2, 0) is 6.54 Å². The maximum Gasteiger partial charge on any atom is 0.259 e. The van der Waals surface area contributed by atoms with Gasteiger partial charge in [0, 0.05) is 10.8 Å². The summed E-state index contributed by atoms with van der Waals surface area (Å²) < 4.78 is 1.47. The number of terminal acetylenes is 1. The van der Waals surface area contributed by atoms with Crippen molar-refractivity contribution in [3.05, 3.63) is 69.1 Å². The third-order valence-electron chi connectivity index (χ3n) is 3.34. The van der Waals surface area contributed by atoms with Crippen LogP contribution in [0, 0.1) is 12.3 Å². The molecule has 3 heteroatoms. The first kappa shape index (κ1) is 12.2. The minimum Gasteiger partial charge on any atom is -0.296 e. The fraction of sp³-hybridized carbons (Fsp3) is 0.0588. The molecule has 3 rings (SSSR count). The van der Waals surface area contributed by atoms with Crippen molar-refractivity contribution in [2.45, 2.75) is 6.54 Å². The van der Waals surface area contributed by atoms with Crippen LogP contribution in [0.2, 0.25) is 0 Å². The number of nitrogens with zero attached hydrogens (tertiary/aromatic N) is 1. The van der Waals surface area contributed by atoms with E-state index in [2.05, 4.69) is 5.92 Å². The van der Waals surface area contributed by atoms with Crippen molar-refractivity contribution in [2.75, 3.05) is 0 Å². The first-order valence-corrected chi connectivity index (χ1v) is 6.22. The molecule has 1 aromatic heterocycles. The summed E-state index contributed by atoms with van der Waals surface area (Å²) >= 11 is 0. The molecule has 0 aliphatic rings. The molecule has 0 N–H and O–H groups in total. The lowest BCUT2D eigenvalue weighted by molar-refractivity contribution is 0.848. The summed E-state index contributed by atoms with van der Waals surface area (Å²) in [4.78, 5) is 25.2. The van der Waals surface area contributed by atoms with Gasteiger partial charge in [0.2, 0.25) is 0 Å². The highest BCUT2D eigenvalue weighted by Gasteiger charge is 2.09. The van der Waals surface area contributed by atoms with Crippen LogP contribution in [0.15, 0.2) is 58.1 Å². The van der Waals surface area contributed by atoms with Crippen molar-refractivity contribution < 1.29 is 0 Å². The molecule has 0 radical (unpaired) electrons. The molecule has 0 aliphatic carbocycles. The standard InChI is InChI=1S/C17H11NO2/c1-2-11-18-15-10-6-5-9-14(15)16(19)12-7-3-4-8-13(12)17(18)20/h1,3-10H,11H2. The SMILES string of the molecule is C#CCn1c(=O)c2ccccc2c(=O)c2ccccc21. The van der Waals surface area contributed by atoms with Gasteiger partial charge in [0.1, 0.15) is 0 Å².